The van der Waals surface area contributed by atoms with Gasteiger partial charge in [0.1, 0.15) is 11.6 Å². The third-order valence-electron chi connectivity index (χ3n) is 5.21. The van der Waals surface area contributed by atoms with Gasteiger partial charge in [0.25, 0.3) is 0 Å². The number of hydrogen-bond donors (Lipinski definition) is 0. The smallest absolute Gasteiger partial charge is 0.128 e. The number of benzene rings is 1. The van der Waals surface area contributed by atoms with Crippen molar-refractivity contribution in [2.24, 2.45) is 5.92 Å². The Morgan fingerprint density at radius 2 is 1.83 bits per heavy atom. The van der Waals surface area contributed by atoms with Gasteiger partial charge in [-0.2, -0.15) is 0 Å². The van der Waals surface area contributed by atoms with Gasteiger partial charge in [0.15, 0.2) is 0 Å². The van der Waals surface area contributed by atoms with Gasteiger partial charge >= 0.3 is 0 Å². The Morgan fingerprint density at radius 3 is 2.67 bits per heavy atom. The van der Waals surface area contributed by atoms with Gasteiger partial charge in [0, 0.05) is 44.3 Å². The summed E-state index contributed by atoms with van der Waals surface area (Å²) >= 11 is 0. The molecule has 0 N–H and O–H groups in total. The molecule has 2 atom stereocenters. The molecule has 2 aromatic rings. The second-order valence-electron chi connectivity index (χ2n) is 6.85. The summed E-state index contributed by atoms with van der Waals surface area (Å²) in [6, 6.07) is 17.0. The molecule has 1 aromatic heterocycles. The summed E-state index contributed by atoms with van der Waals surface area (Å²) in [5.41, 5.74) is 0. The minimum atomic E-state index is 0.642. The summed E-state index contributed by atoms with van der Waals surface area (Å²) in [5.74, 6) is 2.74. The summed E-state index contributed by atoms with van der Waals surface area (Å²) in [5, 5.41) is 0. The predicted molar refractivity (Wildman–Crippen MR) is 96.5 cm³/mol. The highest BCUT2D eigenvalue weighted by Crippen LogP contribution is 2.27. The molecule has 2 aliphatic heterocycles. The lowest BCUT2D eigenvalue weighted by atomic mass is 9.91. The summed E-state index contributed by atoms with van der Waals surface area (Å²) in [4.78, 5) is 9.59. The molecule has 0 bridgehead atoms. The maximum Gasteiger partial charge on any atom is 0.128 e. The Labute approximate surface area is 144 Å². The number of fused-ring (bicyclic) bond motifs is 1. The van der Waals surface area contributed by atoms with Crippen LogP contribution in [0.2, 0.25) is 0 Å². The molecule has 2 saturated heterocycles. The zero-order chi connectivity index (χ0) is 16.2. The normalized spacial score (nSPS) is 24.4. The van der Waals surface area contributed by atoms with Gasteiger partial charge in [0.05, 0.1) is 6.61 Å². The van der Waals surface area contributed by atoms with E-state index in [1.54, 1.807) is 0 Å². The minimum absolute atomic E-state index is 0.642. The Balaban J connectivity index is 1.30. The molecule has 2 aliphatic rings. The molecule has 0 saturated carbocycles. The predicted octanol–water partition coefficient (Wildman–Crippen LogP) is 3.06. The van der Waals surface area contributed by atoms with Crippen LogP contribution in [0.4, 0.5) is 5.82 Å². The highest BCUT2D eigenvalue weighted by atomic mass is 16.5. The SMILES string of the molecule is c1ccc(OCC2CC[C@H]3CN(c4ccccn4)CCN3C2)cc1. The minimum Gasteiger partial charge on any atom is -0.493 e. The van der Waals surface area contributed by atoms with E-state index in [4.69, 9.17) is 4.74 Å². The molecule has 4 heteroatoms. The van der Waals surface area contributed by atoms with E-state index in [2.05, 4.69) is 26.9 Å². The van der Waals surface area contributed by atoms with Gasteiger partial charge < -0.3 is 9.64 Å². The van der Waals surface area contributed by atoms with E-state index in [9.17, 15) is 0 Å². The first-order chi connectivity index (χ1) is 11.9. The average Bonchev–Trinajstić information content (AvgIpc) is 2.67. The average molecular weight is 323 g/mol. The fraction of sp³-hybridized carbons (Fsp3) is 0.450. The van der Waals surface area contributed by atoms with E-state index in [0.717, 1.165) is 44.4 Å². The molecule has 126 valence electrons. The lowest BCUT2D eigenvalue weighted by molar-refractivity contribution is 0.0728. The third-order valence-corrected chi connectivity index (χ3v) is 5.21. The van der Waals surface area contributed by atoms with Crippen molar-refractivity contribution in [1.82, 2.24) is 9.88 Å². The third kappa shape index (κ3) is 3.54. The van der Waals surface area contributed by atoms with Crippen LogP contribution in [-0.4, -0.2) is 48.7 Å². The van der Waals surface area contributed by atoms with E-state index in [1.807, 2.05) is 42.6 Å². The number of hydrogen-bond acceptors (Lipinski definition) is 4. The van der Waals surface area contributed by atoms with E-state index < -0.39 is 0 Å². The van der Waals surface area contributed by atoms with Crippen LogP contribution in [0.5, 0.6) is 5.75 Å². The summed E-state index contributed by atoms with van der Waals surface area (Å²) in [6.07, 6.45) is 4.40. The van der Waals surface area contributed by atoms with Gasteiger partial charge in [-0.1, -0.05) is 24.3 Å². The number of piperidine rings is 1. The fourth-order valence-corrected chi connectivity index (χ4v) is 3.87. The number of ether oxygens (including phenoxy) is 1. The highest BCUT2D eigenvalue weighted by molar-refractivity contribution is 5.38. The van der Waals surface area contributed by atoms with Crippen LogP contribution in [0.15, 0.2) is 54.7 Å². The number of anilines is 1. The zero-order valence-electron chi connectivity index (χ0n) is 14.1. The van der Waals surface area contributed by atoms with Crippen molar-refractivity contribution >= 4 is 5.82 Å². The maximum absolute atomic E-state index is 5.97. The molecule has 0 radical (unpaired) electrons. The van der Waals surface area contributed by atoms with Gasteiger partial charge in [-0.15, -0.1) is 0 Å². The fourth-order valence-electron chi connectivity index (χ4n) is 3.87. The second-order valence-corrected chi connectivity index (χ2v) is 6.85. The van der Waals surface area contributed by atoms with Gasteiger partial charge in [0.2, 0.25) is 0 Å². The van der Waals surface area contributed by atoms with Crippen LogP contribution >= 0.6 is 0 Å². The van der Waals surface area contributed by atoms with E-state index in [-0.39, 0.29) is 0 Å². The zero-order valence-corrected chi connectivity index (χ0v) is 14.1. The number of aromatic nitrogens is 1. The van der Waals surface area contributed by atoms with Crippen LogP contribution in [0.25, 0.3) is 0 Å². The summed E-state index contributed by atoms with van der Waals surface area (Å²) in [7, 11) is 0. The molecule has 24 heavy (non-hydrogen) atoms. The monoisotopic (exact) mass is 323 g/mol. The first kappa shape index (κ1) is 15.5. The topological polar surface area (TPSA) is 28.6 Å². The molecular weight excluding hydrogens is 298 g/mol. The van der Waals surface area contributed by atoms with Crippen molar-refractivity contribution in [3.63, 3.8) is 0 Å². The van der Waals surface area contributed by atoms with Crippen LogP contribution in [0.1, 0.15) is 12.8 Å². The van der Waals surface area contributed by atoms with Crippen molar-refractivity contribution in [3.8, 4) is 5.75 Å². The van der Waals surface area contributed by atoms with E-state index >= 15 is 0 Å². The molecule has 3 heterocycles. The Bertz CT molecular complexity index is 634. The van der Waals surface area contributed by atoms with Gasteiger partial charge in [-0.05, 0) is 37.1 Å². The summed E-state index contributed by atoms with van der Waals surface area (Å²) in [6.45, 7) is 5.29. The van der Waals surface area contributed by atoms with Crippen LogP contribution in [0.3, 0.4) is 0 Å². The molecule has 0 aliphatic carbocycles. The molecule has 1 aromatic carbocycles. The van der Waals surface area contributed by atoms with Gasteiger partial charge in [-0.25, -0.2) is 4.98 Å². The van der Waals surface area contributed by atoms with Crippen molar-refractivity contribution in [1.29, 1.82) is 0 Å². The maximum atomic E-state index is 5.97. The standard InChI is InChI=1S/C20H25N3O/c1-2-6-19(7-3-1)24-16-17-9-10-18-15-23(13-12-22(18)14-17)20-8-4-5-11-21-20/h1-8,11,17-18H,9-10,12-16H2/t17?,18-/m0/s1. The Hall–Kier alpha value is -2.07. The molecule has 1 unspecified atom stereocenters. The van der Waals surface area contributed by atoms with Crippen molar-refractivity contribution < 1.29 is 4.74 Å². The molecule has 0 spiro atoms. The van der Waals surface area contributed by atoms with Crippen LogP contribution in [0, 0.1) is 5.92 Å². The number of rotatable bonds is 4. The van der Waals surface area contributed by atoms with Crippen molar-refractivity contribution in [2.75, 3.05) is 37.7 Å². The van der Waals surface area contributed by atoms with E-state index in [1.165, 1.54) is 12.8 Å². The molecule has 4 nitrogen and oxygen atoms in total. The number of para-hydroxylation sites is 1. The molecule has 4 rings (SSSR count). The van der Waals surface area contributed by atoms with E-state index in [0.29, 0.717) is 12.0 Å². The van der Waals surface area contributed by atoms with Gasteiger partial charge in [-0.3, -0.25) is 4.90 Å². The first-order valence-corrected chi connectivity index (χ1v) is 8.96. The van der Waals surface area contributed by atoms with Crippen molar-refractivity contribution in [3.05, 3.63) is 54.7 Å². The Kier molecular flexibility index (Phi) is 4.65. The molecule has 0 amide bonds. The quantitative estimate of drug-likeness (QED) is 0.865. The lowest BCUT2D eigenvalue weighted by Gasteiger charge is -2.46. The van der Waals surface area contributed by atoms with Crippen LogP contribution in [-0.2, 0) is 0 Å². The van der Waals surface area contributed by atoms with Crippen LogP contribution < -0.4 is 9.64 Å². The molecular formula is C20H25N3O. The highest BCUT2D eigenvalue weighted by Gasteiger charge is 2.33. The van der Waals surface area contributed by atoms with Crippen molar-refractivity contribution in [2.45, 2.75) is 18.9 Å². The molecule has 2 fully saturated rings. The largest absolute Gasteiger partial charge is 0.493 e. The second kappa shape index (κ2) is 7.22. The Morgan fingerprint density at radius 1 is 0.958 bits per heavy atom. The number of nitrogens with zero attached hydrogens (tertiary/aromatic N) is 3. The number of piperazine rings is 1. The lowest BCUT2D eigenvalue weighted by Crippen LogP contribution is -2.57. The summed E-state index contributed by atoms with van der Waals surface area (Å²) < 4.78 is 5.97. The first-order valence-electron chi connectivity index (χ1n) is 8.96. The number of pyridine rings is 1.